The molecule has 2 aromatic rings. The van der Waals surface area contributed by atoms with Gasteiger partial charge >= 0.3 is 5.97 Å². The van der Waals surface area contributed by atoms with Gasteiger partial charge < -0.3 is 19.9 Å². The molecule has 144 valence electrons. The predicted molar refractivity (Wildman–Crippen MR) is 101 cm³/mol. The van der Waals surface area contributed by atoms with Crippen LogP contribution in [0.1, 0.15) is 19.7 Å². The van der Waals surface area contributed by atoms with Crippen molar-refractivity contribution in [2.24, 2.45) is 7.05 Å². The molecule has 0 unspecified atom stereocenters. The van der Waals surface area contributed by atoms with E-state index >= 15 is 0 Å². The van der Waals surface area contributed by atoms with Gasteiger partial charge in [-0.3, -0.25) is 14.4 Å². The Morgan fingerprint density at radius 2 is 1.89 bits per heavy atom. The zero-order chi connectivity index (χ0) is 19.8. The van der Waals surface area contributed by atoms with Gasteiger partial charge in [-0.1, -0.05) is 17.8 Å². The maximum absolute atomic E-state index is 12.1. The molecular formula is C17H21N5O4S. The molecule has 1 aromatic carbocycles. The van der Waals surface area contributed by atoms with Gasteiger partial charge in [0.1, 0.15) is 12.2 Å². The molecule has 1 aromatic heterocycles. The number of carbonyl (C=O) groups excluding carboxylic acids is 3. The number of nitrogens with zero attached hydrogens (tertiary/aromatic N) is 3. The van der Waals surface area contributed by atoms with E-state index in [9.17, 15) is 14.4 Å². The molecule has 9 nitrogen and oxygen atoms in total. The van der Waals surface area contributed by atoms with E-state index in [1.54, 1.807) is 42.8 Å². The fraction of sp³-hybridized carbons (Fsp3) is 0.353. The van der Waals surface area contributed by atoms with Gasteiger partial charge in [0.05, 0.1) is 12.4 Å². The number of nitrogens with one attached hydrogen (secondary N) is 2. The molecule has 0 saturated carbocycles. The van der Waals surface area contributed by atoms with Crippen molar-refractivity contribution in [3.63, 3.8) is 0 Å². The number of ether oxygens (including phenoxy) is 1. The fourth-order valence-corrected chi connectivity index (χ4v) is 2.90. The van der Waals surface area contributed by atoms with E-state index in [2.05, 4.69) is 20.8 Å². The second kappa shape index (κ2) is 9.72. The summed E-state index contributed by atoms with van der Waals surface area (Å²) in [5, 5.41) is 13.9. The Kier molecular flexibility index (Phi) is 7.35. The third kappa shape index (κ3) is 6.41. The van der Waals surface area contributed by atoms with Crippen LogP contribution in [0.25, 0.3) is 0 Å². The number of anilines is 2. The van der Waals surface area contributed by atoms with Crippen LogP contribution in [0.2, 0.25) is 0 Å². The van der Waals surface area contributed by atoms with Gasteiger partial charge in [-0.25, -0.2) is 0 Å². The number of amides is 2. The van der Waals surface area contributed by atoms with Crippen molar-refractivity contribution in [2.45, 2.75) is 25.4 Å². The molecular weight excluding hydrogens is 370 g/mol. The number of thioether (sulfide) groups is 1. The molecule has 2 rings (SSSR count). The van der Waals surface area contributed by atoms with Gasteiger partial charge in [-0.2, -0.15) is 0 Å². The molecule has 1 heterocycles. The molecule has 27 heavy (non-hydrogen) atoms. The van der Waals surface area contributed by atoms with Crippen molar-refractivity contribution >= 4 is 40.9 Å². The Morgan fingerprint density at radius 1 is 1.19 bits per heavy atom. The summed E-state index contributed by atoms with van der Waals surface area (Å²) in [7, 11) is 1.73. The lowest BCUT2D eigenvalue weighted by Gasteiger charge is -2.08. The Morgan fingerprint density at radius 3 is 2.56 bits per heavy atom. The minimum atomic E-state index is -0.374. The smallest absolute Gasteiger partial charge is 0.313 e. The number of hydrogen-bond donors (Lipinski definition) is 2. The predicted octanol–water partition coefficient (Wildman–Crippen LogP) is 1.61. The normalized spacial score (nSPS) is 10.3. The SMILES string of the molecule is CCOC(=O)Cc1nnc(SCC(=O)Nc2cccc(NC(C)=O)c2)n1C. The molecule has 0 radical (unpaired) electrons. The first kappa shape index (κ1) is 20.4. The van der Waals surface area contributed by atoms with Crippen LogP contribution in [0, 0.1) is 0 Å². The fourth-order valence-electron chi connectivity index (χ4n) is 2.17. The summed E-state index contributed by atoms with van der Waals surface area (Å²) in [4.78, 5) is 34.8. The van der Waals surface area contributed by atoms with E-state index in [-0.39, 0.29) is 30.0 Å². The van der Waals surface area contributed by atoms with Crippen LogP contribution in [-0.2, 0) is 32.6 Å². The maximum Gasteiger partial charge on any atom is 0.313 e. The van der Waals surface area contributed by atoms with Crippen LogP contribution in [0.3, 0.4) is 0 Å². The number of rotatable bonds is 8. The summed E-state index contributed by atoms with van der Waals surface area (Å²) < 4.78 is 6.55. The van der Waals surface area contributed by atoms with Gasteiger partial charge in [0.15, 0.2) is 5.16 Å². The average Bonchev–Trinajstić information content (AvgIpc) is 2.93. The highest BCUT2D eigenvalue weighted by Gasteiger charge is 2.15. The third-order valence-electron chi connectivity index (χ3n) is 3.33. The summed E-state index contributed by atoms with van der Waals surface area (Å²) in [6.07, 6.45) is 0.0278. The zero-order valence-electron chi connectivity index (χ0n) is 15.3. The summed E-state index contributed by atoms with van der Waals surface area (Å²) in [5.41, 5.74) is 1.18. The molecule has 0 aliphatic rings. The molecule has 0 spiro atoms. The summed E-state index contributed by atoms with van der Waals surface area (Å²) in [5.74, 6) is -0.194. The topological polar surface area (TPSA) is 115 Å². The molecule has 0 atom stereocenters. The van der Waals surface area contributed by atoms with E-state index in [4.69, 9.17) is 4.74 Å². The summed E-state index contributed by atoms with van der Waals surface area (Å²) in [6, 6.07) is 6.87. The molecule has 0 bridgehead atoms. The lowest BCUT2D eigenvalue weighted by molar-refractivity contribution is -0.142. The second-order valence-corrected chi connectivity index (χ2v) is 6.48. The second-order valence-electron chi connectivity index (χ2n) is 5.54. The van der Waals surface area contributed by atoms with Crippen LogP contribution >= 0.6 is 11.8 Å². The van der Waals surface area contributed by atoms with E-state index in [0.29, 0.717) is 29.0 Å². The minimum absolute atomic E-state index is 0.0278. The summed E-state index contributed by atoms with van der Waals surface area (Å²) in [6.45, 7) is 3.46. The highest BCUT2D eigenvalue weighted by Crippen LogP contribution is 2.18. The van der Waals surface area contributed by atoms with Gasteiger partial charge in [-0.05, 0) is 25.1 Å². The Balaban J connectivity index is 1.90. The van der Waals surface area contributed by atoms with Gasteiger partial charge in [0.25, 0.3) is 0 Å². The van der Waals surface area contributed by atoms with Gasteiger partial charge in [0.2, 0.25) is 11.8 Å². The molecule has 0 aliphatic carbocycles. The van der Waals surface area contributed by atoms with Gasteiger partial charge in [0, 0.05) is 25.3 Å². The quantitative estimate of drug-likeness (QED) is 0.519. The molecule has 10 heteroatoms. The maximum atomic E-state index is 12.1. The number of carbonyl (C=O) groups is 3. The lowest BCUT2D eigenvalue weighted by Crippen LogP contribution is -2.15. The first-order chi connectivity index (χ1) is 12.9. The lowest BCUT2D eigenvalue weighted by atomic mass is 10.2. The van der Waals surface area contributed by atoms with Crippen molar-refractivity contribution in [2.75, 3.05) is 23.0 Å². The number of esters is 1. The Labute approximate surface area is 160 Å². The standard InChI is InChI=1S/C17H21N5O4S/c1-4-26-16(25)9-14-20-21-17(22(14)3)27-10-15(24)19-13-7-5-6-12(8-13)18-11(2)23/h5-8H,4,9-10H2,1-3H3,(H,18,23)(H,19,24). The number of hydrogen-bond acceptors (Lipinski definition) is 7. The highest BCUT2D eigenvalue weighted by atomic mass is 32.2. The van der Waals surface area contributed by atoms with Crippen LogP contribution in [0.5, 0.6) is 0 Å². The number of benzene rings is 1. The molecule has 0 saturated heterocycles. The highest BCUT2D eigenvalue weighted by molar-refractivity contribution is 7.99. The van der Waals surface area contributed by atoms with Crippen molar-refractivity contribution in [3.05, 3.63) is 30.1 Å². The molecule has 0 aliphatic heterocycles. The van der Waals surface area contributed by atoms with Crippen molar-refractivity contribution in [1.29, 1.82) is 0 Å². The van der Waals surface area contributed by atoms with Crippen LogP contribution in [0.15, 0.2) is 29.4 Å². The van der Waals surface area contributed by atoms with Crippen molar-refractivity contribution in [1.82, 2.24) is 14.8 Å². The van der Waals surface area contributed by atoms with Gasteiger partial charge in [-0.15, -0.1) is 10.2 Å². The van der Waals surface area contributed by atoms with E-state index in [1.807, 2.05) is 0 Å². The molecule has 2 N–H and O–H groups in total. The van der Waals surface area contributed by atoms with Crippen LogP contribution < -0.4 is 10.6 Å². The first-order valence-electron chi connectivity index (χ1n) is 8.23. The van der Waals surface area contributed by atoms with E-state index in [0.717, 1.165) is 0 Å². The van der Waals surface area contributed by atoms with Crippen LogP contribution in [0.4, 0.5) is 11.4 Å². The van der Waals surface area contributed by atoms with Crippen molar-refractivity contribution in [3.8, 4) is 0 Å². The minimum Gasteiger partial charge on any atom is -0.466 e. The molecule has 2 amide bonds. The summed E-state index contributed by atoms with van der Waals surface area (Å²) >= 11 is 1.21. The largest absolute Gasteiger partial charge is 0.466 e. The third-order valence-corrected chi connectivity index (χ3v) is 4.35. The Bertz CT molecular complexity index is 836. The number of aromatic nitrogens is 3. The van der Waals surface area contributed by atoms with Crippen LogP contribution in [-0.4, -0.2) is 44.9 Å². The Hall–Kier alpha value is -2.88. The molecule has 0 fully saturated rings. The zero-order valence-corrected chi connectivity index (χ0v) is 16.1. The van der Waals surface area contributed by atoms with E-state index in [1.165, 1.54) is 18.7 Å². The van der Waals surface area contributed by atoms with E-state index < -0.39 is 0 Å². The monoisotopic (exact) mass is 391 g/mol. The average molecular weight is 391 g/mol. The van der Waals surface area contributed by atoms with Crippen molar-refractivity contribution < 1.29 is 19.1 Å². The first-order valence-corrected chi connectivity index (χ1v) is 9.21.